The highest BCUT2D eigenvalue weighted by Crippen LogP contribution is 2.25. The summed E-state index contributed by atoms with van der Waals surface area (Å²) in [4.78, 5) is 31.4. The van der Waals surface area contributed by atoms with E-state index in [9.17, 15) is 9.59 Å². The van der Waals surface area contributed by atoms with Gasteiger partial charge in [-0.15, -0.1) is 11.3 Å². The second-order valence-electron chi connectivity index (χ2n) is 7.02. The summed E-state index contributed by atoms with van der Waals surface area (Å²) in [5, 5.41) is 5.72. The summed E-state index contributed by atoms with van der Waals surface area (Å²) >= 11 is 1.40. The summed E-state index contributed by atoms with van der Waals surface area (Å²) in [5.41, 5.74) is 2.78. The number of para-hydroxylation sites is 2. The molecule has 0 spiro atoms. The Labute approximate surface area is 178 Å². The Morgan fingerprint density at radius 3 is 2.47 bits per heavy atom. The van der Waals surface area contributed by atoms with Crippen LogP contribution in [0.15, 0.2) is 66.7 Å². The smallest absolute Gasteiger partial charge is 0.261 e. The molecule has 0 aliphatic heterocycles. The molecule has 0 fully saturated rings. The zero-order valence-electron chi connectivity index (χ0n) is 16.8. The number of carbonyl (C=O) groups is 2. The van der Waals surface area contributed by atoms with E-state index in [0.29, 0.717) is 4.88 Å². The molecule has 152 valence electrons. The Hall–Kier alpha value is -3.45. The third-order valence-electron chi connectivity index (χ3n) is 4.89. The van der Waals surface area contributed by atoms with Crippen LogP contribution >= 0.6 is 11.3 Å². The normalized spacial score (nSPS) is 11.9. The maximum atomic E-state index is 12.7. The minimum absolute atomic E-state index is 0.108. The Balaban J connectivity index is 1.55. The van der Waals surface area contributed by atoms with Crippen LogP contribution in [0.4, 0.5) is 0 Å². The Morgan fingerprint density at radius 1 is 1.03 bits per heavy atom. The van der Waals surface area contributed by atoms with Crippen molar-refractivity contribution in [2.24, 2.45) is 7.05 Å². The summed E-state index contributed by atoms with van der Waals surface area (Å²) in [6, 6.07) is 20.8. The van der Waals surface area contributed by atoms with E-state index in [0.717, 1.165) is 27.3 Å². The number of nitrogens with one attached hydrogen (secondary N) is 2. The van der Waals surface area contributed by atoms with E-state index >= 15 is 0 Å². The first kappa shape index (κ1) is 19.8. The molecule has 6 nitrogen and oxygen atoms in total. The summed E-state index contributed by atoms with van der Waals surface area (Å²) in [7, 11) is 1.94. The predicted octanol–water partition coefficient (Wildman–Crippen LogP) is 3.58. The van der Waals surface area contributed by atoms with Crippen LogP contribution in [0.3, 0.4) is 0 Å². The van der Waals surface area contributed by atoms with Gasteiger partial charge >= 0.3 is 0 Å². The first-order chi connectivity index (χ1) is 14.5. The Bertz CT molecular complexity index is 1200. The van der Waals surface area contributed by atoms with Crippen molar-refractivity contribution in [3.63, 3.8) is 0 Å². The topological polar surface area (TPSA) is 76.0 Å². The number of imidazole rings is 1. The van der Waals surface area contributed by atoms with Crippen LogP contribution in [0.5, 0.6) is 0 Å². The number of aromatic nitrogens is 2. The van der Waals surface area contributed by atoms with E-state index in [-0.39, 0.29) is 18.4 Å². The van der Waals surface area contributed by atoms with Gasteiger partial charge in [-0.1, -0.05) is 42.5 Å². The number of hydrogen-bond donors (Lipinski definition) is 2. The molecule has 30 heavy (non-hydrogen) atoms. The van der Waals surface area contributed by atoms with Crippen LogP contribution in [0.1, 0.15) is 32.0 Å². The molecule has 2 N–H and O–H groups in total. The molecule has 0 bridgehead atoms. The highest BCUT2D eigenvalue weighted by Gasteiger charge is 2.23. The zero-order chi connectivity index (χ0) is 21.1. The Kier molecular flexibility index (Phi) is 5.63. The van der Waals surface area contributed by atoms with Gasteiger partial charge in [0.15, 0.2) is 0 Å². The lowest BCUT2D eigenvalue weighted by Crippen LogP contribution is -2.39. The number of rotatable bonds is 6. The van der Waals surface area contributed by atoms with Gasteiger partial charge < -0.3 is 15.2 Å². The van der Waals surface area contributed by atoms with Crippen LogP contribution in [0.2, 0.25) is 0 Å². The van der Waals surface area contributed by atoms with E-state index in [4.69, 9.17) is 4.98 Å². The number of benzene rings is 2. The van der Waals surface area contributed by atoms with Crippen LogP contribution < -0.4 is 10.6 Å². The zero-order valence-corrected chi connectivity index (χ0v) is 17.6. The lowest BCUT2D eigenvalue weighted by molar-refractivity contribution is -0.120. The van der Waals surface area contributed by atoms with E-state index < -0.39 is 6.04 Å². The van der Waals surface area contributed by atoms with Crippen molar-refractivity contribution in [2.45, 2.75) is 13.0 Å². The summed E-state index contributed by atoms with van der Waals surface area (Å²) in [5.74, 6) is 0.204. The number of amides is 2. The van der Waals surface area contributed by atoms with Crippen molar-refractivity contribution in [1.29, 1.82) is 0 Å². The average molecular weight is 419 g/mol. The third kappa shape index (κ3) is 4.11. The molecule has 4 aromatic rings. The first-order valence-electron chi connectivity index (χ1n) is 9.63. The van der Waals surface area contributed by atoms with Crippen LogP contribution in [0, 0.1) is 6.92 Å². The fourth-order valence-corrected chi connectivity index (χ4v) is 4.16. The molecule has 2 heterocycles. The van der Waals surface area contributed by atoms with Crippen LogP contribution in [-0.4, -0.2) is 27.9 Å². The highest BCUT2D eigenvalue weighted by molar-refractivity contribution is 7.13. The van der Waals surface area contributed by atoms with E-state index in [1.165, 1.54) is 11.3 Å². The second-order valence-corrected chi connectivity index (χ2v) is 8.31. The van der Waals surface area contributed by atoms with Crippen molar-refractivity contribution < 1.29 is 9.59 Å². The molecule has 4 rings (SSSR count). The number of thiophene rings is 1. The van der Waals surface area contributed by atoms with Gasteiger partial charge in [-0.05, 0) is 36.8 Å². The van der Waals surface area contributed by atoms with Crippen molar-refractivity contribution in [2.75, 3.05) is 6.54 Å². The maximum absolute atomic E-state index is 12.7. The van der Waals surface area contributed by atoms with Gasteiger partial charge in [0.1, 0.15) is 11.9 Å². The van der Waals surface area contributed by atoms with Crippen molar-refractivity contribution >= 4 is 34.2 Å². The largest absolute Gasteiger partial charge is 0.342 e. The molecule has 1 atom stereocenters. The summed E-state index contributed by atoms with van der Waals surface area (Å²) in [6.45, 7) is 1.83. The number of carbonyl (C=O) groups excluding carboxylic acids is 2. The van der Waals surface area contributed by atoms with Gasteiger partial charge in [0.2, 0.25) is 5.91 Å². The van der Waals surface area contributed by atoms with Crippen LogP contribution in [0.25, 0.3) is 11.0 Å². The molecular formula is C23H22N4O2S. The molecule has 0 aliphatic rings. The van der Waals surface area contributed by atoms with E-state index in [1.54, 1.807) is 6.07 Å². The van der Waals surface area contributed by atoms with Crippen molar-refractivity contribution in [3.8, 4) is 0 Å². The summed E-state index contributed by atoms with van der Waals surface area (Å²) < 4.78 is 1.99. The average Bonchev–Trinajstić information content (AvgIpc) is 3.34. The fraction of sp³-hybridized carbons (Fsp3) is 0.174. The van der Waals surface area contributed by atoms with Gasteiger partial charge in [0.25, 0.3) is 5.91 Å². The van der Waals surface area contributed by atoms with E-state index in [1.807, 2.05) is 79.2 Å². The molecule has 0 saturated carbocycles. The molecule has 1 unspecified atom stereocenters. The molecule has 2 aromatic heterocycles. The number of aryl methyl sites for hydroxylation is 2. The minimum Gasteiger partial charge on any atom is -0.342 e. The Morgan fingerprint density at radius 2 is 1.77 bits per heavy atom. The monoisotopic (exact) mass is 418 g/mol. The van der Waals surface area contributed by atoms with Gasteiger partial charge in [-0.3, -0.25) is 9.59 Å². The fourth-order valence-electron chi connectivity index (χ4n) is 3.38. The second kappa shape index (κ2) is 8.51. The minimum atomic E-state index is -0.433. The first-order valence-corrected chi connectivity index (χ1v) is 10.4. The highest BCUT2D eigenvalue weighted by atomic mass is 32.1. The van der Waals surface area contributed by atoms with Gasteiger partial charge in [0, 0.05) is 11.9 Å². The number of fused-ring (bicyclic) bond motifs is 1. The molecule has 7 heteroatoms. The van der Waals surface area contributed by atoms with Crippen LogP contribution in [-0.2, 0) is 11.8 Å². The molecule has 2 amide bonds. The lowest BCUT2D eigenvalue weighted by Gasteiger charge is -2.19. The van der Waals surface area contributed by atoms with Gasteiger partial charge in [-0.25, -0.2) is 4.98 Å². The lowest BCUT2D eigenvalue weighted by atomic mass is 10.1. The molecular weight excluding hydrogens is 396 g/mol. The SMILES string of the molecule is Cc1ccc(C(=O)NCC(=O)NC(c2ccccc2)c2nc3ccccc3n2C)s1. The predicted molar refractivity (Wildman–Crippen MR) is 119 cm³/mol. The van der Waals surface area contributed by atoms with Gasteiger partial charge in [0.05, 0.1) is 22.5 Å². The van der Waals surface area contributed by atoms with Gasteiger partial charge in [-0.2, -0.15) is 0 Å². The van der Waals surface area contributed by atoms with Crippen molar-refractivity contribution in [1.82, 2.24) is 20.2 Å². The maximum Gasteiger partial charge on any atom is 0.261 e. The third-order valence-corrected chi connectivity index (χ3v) is 5.89. The quantitative estimate of drug-likeness (QED) is 0.503. The number of nitrogens with zero attached hydrogens (tertiary/aromatic N) is 2. The standard InChI is InChI=1S/C23H22N4O2S/c1-15-12-13-19(30-15)23(29)24-14-20(28)26-21(16-8-4-3-5-9-16)22-25-17-10-6-7-11-18(17)27(22)2/h3-13,21H,14H2,1-2H3,(H,24,29)(H,26,28). The van der Waals surface area contributed by atoms with E-state index in [2.05, 4.69) is 10.6 Å². The number of hydrogen-bond acceptors (Lipinski definition) is 4. The summed E-state index contributed by atoms with van der Waals surface area (Å²) in [6.07, 6.45) is 0. The molecule has 0 saturated heterocycles. The molecule has 2 aromatic carbocycles. The molecule has 0 aliphatic carbocycles. The molecule has 0 radical (unpaired) electrons. The van der Waals surface area contributed by atoms with Crippen molar-refractivity contribution in [3.05, 3.63) is 87.9 Å².